The number of aromatic nitrogens is 3. The van der Waals surface area contributed by atoms with E-state index in [4.69, 9.17) is 4.42 Å². The Morgan fingerprint density at radius 3 is 2.57 bits per heavy atom. The van der Waals surface area contributed by atoms with Gasteiger partial charge in [0.2, 0.25) is 0 Å². The van der Waals surface area contributed by atoms with E-state index in [1.807, 2.05) is 17.6 Å². The fourth-order valence-electron chi connectivity index (χ4n) is 3.59. The van der Waals surface area contributed by atoms with Crippen molar-refractivity contribution >= 4 is 0 Å². The molecule has 0 aromatic carbocycles. The predicted octanol–water partition coefficient (Wildman–Crippen LogP) is 2.20. The minimum absolute atomic E-state index is 0.0482. The summed E-state index contributed by atoms with van der Waals surface area (Å²) in [6.45, 7) is 4.83. The molecule has 0 unspecified atom stereocenters. The van der Waals surface area contributed by atoms with Crippen LogP contribution in [-0.2, 0) is 13.6 Å². The van der Waals surface area contributed by atoms with Crippen LogP contribution in [0.25, 0.3) is 0 Å². The van der Waals surface area contributed by atoms with Crippen molar-refractivity contribution in [2.24, 2.45) is 7.05 Å². The maximum absolute atomic E-state index is 12.4. The van der Waals surface area contributed by atoms with E-state index in [0.717, 1.165) is 49.8 Å². The topological polar surface area (TPSA) is 56.2 Å². The van der Waals surface area contributed by atoms with Crippen molar-refractivity contribution in [1.29, 1.82) is 0 Å². The predicted molar refractivity (Wildman–Crippen MR) is 86.4 cm³/mol. The minimum Gasteiger partial charge on any atom is -0.465 e. The van der Waals surface area contributed by atoms with E-state index in [1.54, 1.807) is 7.05 Å². The highest BCUT2D eigenvalue weighted by molar-refractivity contribution is 5.08. The fourth-order valence-corrected chi connectivity index (χ4v) is 3.59. The molecule has 0 amide bonds. The number of likely N-dealkylation sites (tertiary alicyclic amines) is 1. The van der Waals surface area contributed by atoms with E-state index in [0.29, 0.717) is 12.0 Å². The highest BCUT2D eigenvalue weighted by Gasteiger charge is 2.34. The molecule has 1 aliphatic heterocycles. The molecule has 0 spiro atoms. The van der Waals surface area contributed by atoms with Gasteiger partial charge in [0.1, 0.15) is 17.3 Å². The number of nitrogens with zero attached hydrogens (tertiary/aromatic N) is 4. The van der Waals surface area contributed by atoms with E-state index in [-0.39, 0.29) is 5.69 Å². The Labute approximate surface area is 135 Å². The molecule has 0 N–H and O–H groups in total. The molecule has 2 aromatic heterocycles. The Hall–Kier alpha value is -1.82. The number of piperidine rings is 1. The highest BCUT2D eigenvalue weighted by Crippen LogP contribution is 2.40. The Morgan fingerprint density at radius 1 is 1.22 bits per heavy atom. The molecule has 23 heavy (non-hydrogen) atoms. The average Bonchev–Trinajstić information content (AvgIpc) is 3.24. The largest absolute Gasteiger partial charge is 0.465 e. The summed E-state index contributed by atoms with van der Waals surface area (Å²) in [7, 11) is 1.76. The van der Waals surface area contributed by atoms with E-state index >= 15 is 0 Å². The van der Waals surface area contributed by atoms with E-state index < -0.39 is 0 Å². The van der Waals surface area contributed by atoms with Crippen LogP contribution in [0.5, 0.6) is 0 Å². The van der Waals surface area contributed by atoms with Crippen molar-refractivity contribution in [1.82, 2.24) is 19.2 Å². The molecule has 1 saturated carbocycles. The van der Waals surface area contributed by atoms with Gasteiger partial charge in [-0.15, -0.1) is 0 Å². The molecule has 6 heteroatoms. The molecular weight excluding hydrogens is 292 g/mol. The lowest BCUT2D eigenvalue weighted by Gasteiger charge is -2.32. The zero-order chi connectivity index (χ0) is 16.0. The second-order valence-electron chi connectivity index (χ2n) is 6.93. The third kappa shape index (κ3) is 2.87. The van der Waals surface area contributed by atoms with Gasteiger partial charge in [0, 0.05) is 32.1 Å². The van der Waals surface area contributed by atoms with E-state index in [2.05, 4.69) is 16.1 Å². The molecule has 2 aromatic rings. The molecule has 1 saturated heterocycles. The van der Waals surface area contributed by atoms with E-state index in [1.165, 1.54) is 17.5 Å². The van der Waals surface area contributed by atoms with Crippen molar-refractivity contribution in [2.75, 3.05) is 13.1 Å². The number of aryl methyl sites for hydroxylation is 2. The Bertz CT molecular complexity index is 745. The monoisotopic (exact) mass is 316 g/mol. The molecule has 4 rings (SSSR count). The lowest BCUT2D eigenvalue weighted by atomic mass is 10.0. The van der Waals surface area contributed by atoms with Crippen LogP contribution < -0.4 is 5.69 Å². The summed E-state index contributed by atoms with van der Waals surface area (Å²) in [5.41, 5.74) is 0.0482. The quantitative estimate of drug-likeness (QED) is 0.868. The molecule has 0 radical (unpaired) electrons. The third-order valence-electron chi connectivity index (χ3n) is 5.02. The van der Waals surface area contributed by atoms with Crippen molar-refractivity contribution in [3.8, 4) is 0 Å². The zero-order valence-corrected chi connectivity index (χ0v) is 13.9. The van der Waals surface area contributed by atoms with Crippen LogP contribution in [-0.4, -0.2) is 32.3 Å². The van der Waals surface area contributed by atoms with Gasteiger partial charge in [0.05, 0.1) is 6.54 Å². The second kappa shape index (κ2) is 5.67. The standard InChI is InChI=1S/C17H24N4O2/c1-12-3-6-15(23-12)11-20-9-7-14(8-10-20)21-16(13-4-5-13)18-19(2)17(21)22/h3,6,13-14H,4-5,7-11H2,1-2H3. The third-order valence-corrected chi connectivity index (χ3v) is 5.02. The van der Waals surface area contributed by atoms with Crippen LogP contribution in [0.2, 0.25) is 0 Å². The molecule has 0 atom stereocenters. The maximum Gasteiger partial charge on any atom is 0.345 e. The van der Waals surface area contributed by atoms with Crippen LogP contribution in [0.3, 0.4) is 0 Å². The maximum atomic E-state index is 12.4. The number of hydrogen-bond acceptors (Lipinski definition) is 4. The normalized spacial score (nSPS) is 20.3. The molecule has 3 heterocycles. The first kappa shape index (κ1) is 14.8. The van der Waals surface area contributed by atoms with Gasteiger partial charge < -0.3 is 4.42 Å². The zero-order valence-electron chi connectivity index (χ0n) is 13.9. The Balaban J connectivity index is 1.44. The molecule has 0 bridgehead atoms. The minimum atomic E-state index is 0.0482. The summed E-state index contributed by atoms with van der Waals surface area (Å²) in [4.78, 5) is 14.8. The van der Waals surface area contributed by atoms with Crippen molar-refractivity contribution in [2.45, 2.75) is 51.1 Å². The Kier molecular flexibility index (Phi) is 3.64. The number of rotatable bonds is 4. The smallest absolute Gasteiger partial charge is 0.345 e. The summed E-state index contributed by atoms with van der Waals surface area (Å²) < 4.78 is 9.15. The van der Waals surface area contributed by atoms with Crippen LogP contribution >= 0.6 is 0 Å². The second-order valence-corrected chi connectivity index (χ2v) is 6.93. The Morgan fingerprint density at radius 2 is 1.96 bits per heavy atom. The number of hydrogen-bond donors (Lipinski definition) is 0. The van der Waals surface area contributed by atoms with Gasteiger partial charge in [-0.3, -0.25) is 9.47 Å². The molecule has 6 nitrogen and oxygen atoms in total. The highest BCUT2D eigenvalue weighted by atomic mass is 16.3. The van der Waals surface area contributed by atoms with Gasteiger partial charge in [-0.2, -0.15) is 5.10 Å². The first-order valence-electron chi connectivity index (χ1n) is 8.55. The lowest BCUT2D eigenvalue weighted by Crippen LogP contribution is -2.37. The SMILES string of the molecule is Cc1ccc(CN2CCC(n3c(C4CC4)nn(C)c3=O)CC2)o1. The summed E-state index contributed by atoms with van der Waals surface area (Å²) in [6, 6.07) is 4.36. The summed E-state index contributed by atoms with van der Waals surface area (Å²) >= 11 is 0. The van der Waals surface area contributed by atoms with Crippen LogP contribution in [0.4, 0.5) is 0 Å². The van der Waals surface area contributed by atoms with Crippen LogP contribution in [0.15, 0.2) is 21.3 Å². The first-order valence-corrected chi connectivity index (χ1v) is 8.55. The van der Waals surface area contributed by atoms with Gasteiger partial charge >= 0.3 is 5.69 Å². The van der Waals surface area contributed by atoms with Gasteiger partial charge in [0.25, 0.3) is 0 Å². The summed E-state index contributed by atoms with van der Waals surface area (Å²) in [5, 5.41) is 4.48. The summed E-state index contributed by atoms with van der Waals surface area (Å²) in [5.74, 6) is 3.51. The lowest BCUT2D eigenvalue weighted by molar-refractivity contribution is 0.165. The fraction of sp³-hybridized carbons (Fsp3) is 0.647. The molecule has 2 fully saturated rings. The van der Waals surface area contributed by atoms with Crippen molar-refractivity contribution in [3.63, 3.8) is 0 Å². The van der Waals surface area contributed by atoms with Gasteiger partial charge in [0.15, 0.2) is 0 Å². The number of furan rings is 1. The van der Waals surface area contributed by atoms with Crippen molar-refractivity contribution < 1.29 is 4.42 Å². The van der Waals surface area contributed by atoms with Gasteiger partial charge in [-0.25, -0.2) is 9.48 Å². The summed E-state index contributed by atoms with van der Waals surface area (Å²) in [6.07, 6.45) is 4.36. The van der Waals surface area contributed by atoms with Gasteiger partial charge in [-0.05, 0) is 44.7 Å². The van der Waals surface area contributed by atoms with Crippen LogP contribution in [0.1, 0.15) is 55.0 Å². The van der Waals surface area contributed by atoms with Crippen LogP contribution in [0, 0.1) is 6.92 Å². The average molecular weight is 316 g/mol. The molecular formula is C17H24N4O2. The molecule has 124 valence electrons. The van der Waals surface area contributed by atoms with Gasteiger partial charge in [-0.1, -0.05) is 0 Å². The first-order chi connectivity index (χ1) is 11.1. The molecule has 1 aliphatic carbocycles. The van der Waals surface area contributed by atoms with E-state index in [9.17, 15) is 4.79 Å². The molecule has 2 aliphatic rings. The van der Waals surface area contributed by atoms with Crippen molar-refractivity contribution in [3.05, 3.63) is 40.0 Å².